The van der Waals surface area contributed by atoms with Crippen LogP contribution in [0.3, 0.4) is 0 Å². The number of hydrogen-bond acceptors (Lipinski definition) is 0. The summed E-state index contributed by atoms with van der Waals surface area (Å²) in [5.41, 5.74) is 0.466. The quantitative estimate of drug-likeness (QED) is 0.665. The van der Waals surface area contributed by atoms with Gasteiger partial charge in [0.15, 0.2) is 0 Å². The predicted octanol–water partition coefficient (Wildman–Crippen LogP) is 4.56. The normalized spacial score (nSPS) is 13.6. The number of aryl methyl sites for hydroxylation is 1. The largest absolute Gasteiger partial charge is 0.416 e. The molecule has 1 unspecified atom stereocenters. The summed E-state index contributed by atoms with van der Waals surface area (Å²) in [7, 11) is 0. The minimum absolute atomic E-state index is 0.0630. The molecule has 0 aliphatic heterocycles. The molecule has 0 aromatic heterocycles. The Labute approximate surface area is 93.8 Å². The number of allylic oxidation sites excluding steroid dienone is 1. The van der Waals surface area contributed by atoms with Gasteiger partial charge in [0, 0.05) is 0 Å². The van der Waals surface area contributed by atoms with E-state index in [1.54, 1.807) is 25.1 Å². The molecule has 0 spiro atoms. The van der Waals surface area contributed by atoms with E-state index in [0.717, 1.165) is 0 Å². The van der Waals surface area contributed by atoms with Crippen LogP contribution < -0.4 is 0 Å². The molecule has 0 radical (unpaired) electrons. The second kappa shape index (κ2) is 4.73. The molecule has 1 rings (SSSR count). The first-order chi connectivity index (χ1) is 7.40. The maximum atomic E-state index is 12.8. The topological polar surface area (TPSA) is 0 Å². The Morgan fingerprint density at radius 3 is 2.44 bits per heavy atom. The van der Waals surface area contributed by atoms with Crippen molar-refractivity contribution < 1.29 is 13.2 Å². The van der Waals surface area contributed by atoms with Crippen LogP contribution in [0.4, 0.5) is 13.2 Å². The zero-order valence-corrected chi connectivity index (χ0v) is 9.43. The van der Waals surface area contributed by atoms with Crippen LogP contribution in [0.1, 0.15) is 36.5 Å². The van der Waals surface area contributed by atoms with Crippen LogP contribution >= 0.6 is 0 Å². The molecule has 0 nitrogen and oxygen atoms in total. The lowest BCUT2D eigenvalue weighted by atomic mass is 9.95. The Balaban J connectivity index is 3.27. The minimum Gasteiger partial charge on any atom is -0.166 e. The van der Waals surface area contributed by atoms with Crippen molar-refractivity contribution in [1.29, 1.82) is 0 Å². The summed E-state index contributed by atoms with van der Waals surface area (Å²) in [6.45, 7) is 7.14. The Bertz CT molecular complexity index is 377. The zero-order chi connectivity index (χ0) is 12.3. The van der Waals surface area contributed by atoms with Crippen molar-refractivity contribution in [1.82, 2.24) is 0 Å². The molecule has 0 aliphatic rings. The molecule has 0 N–H and O–H groups in total. The van der Waals surface area contributed by atoms with Crippen molar-refractivity contribution in [2.75, 3.05) is 0 Å². The third-order valence-corrected chi connectivity index (χ3v) is 2.70. The second-order valence-corrected chi connectivity index (χ2v) is 3.79. The van der Waals surface area contributed by atoms with Gasteiger partial charge in [-0.15, -0.1) is 6.58 Å². The van der Waals surface area contributed by atoms with Crippen LogP contribution in [-0.4, -0.2) is 0 Å². The summed E-state index contributed by atoms with van der Waals surface area (Å²) in [4.78, 5) is 0. The minimum atomic E-state index is -4.28. The Morgan fingerprint density at radius 1 is 1.38 bits per heavy atom. The number of benzene rings is 1. The van der Waals surface area contributed by atoms with Gasteiger partial charge in [-0.2, -0.15) is 13.2 Å². The maximum Gasteiger partial charge on any atom is 0.416 e. The Hall–Kier alpha value is -1.25. The molecule has 0 heterocycles. The van der Waals surface area contributed by atoms with Crippen LogP contribution in [-0.2, 0) is 12.6 Å². The highest BCUT2D eigenvalue weighted by atomic mass is 19.4. The van der Waals surface area contributed by atoms with Crippen molar-refractivity contribution in [3.8, 4) is 0 Å². The molecule has 1 aromatic rings. The van der Waals surface area contributed by atoms with Gasteiger partial charge in [-0.05, 0) is 29.5 Å². The zero-order valence-electron chi connectivity index (χ0n) is 9.43. The average Bonchev–Trinajstić information content (AvgIpc) is 2.26. The molecule has 0 amide bonds. The van der Waals surface area contributed by atoms with E-state index in [-0.39, 0.29) is 5.92 Å². The summed E-state index contributed by atoms with van der Waals surface area (Å²) in [6, 6.07) is 4.52. The van der Waals surface area contributed by atoms with Gasteiger partial charge in [-0.1, -0.05) is 32.1 Å². The fourth-order valence-corrected chi connectivity index (χ4v) is 1.59. The molecule has 1 atom stereocenters. The third-order valence-electron chi connectivity index (χ3n) is 2.70. The summed E-state index contributed by atoms with van der Waals surface area (Å²) >= 11 is 0. The fourth-order valence-electron chi connectivity index (χ4n) is 1.59. The third kappa shape index (κ3) is 2.65. The van der Waals surface area contributed by atoms with E-state index in [4.69, 9.17) is 0 Å². The van der Waals surface area contributed by atoms with Gasteiger partial charge in [0.1, 0.15) is 0 Å². The van der Waals surface area contributed by atoms with Gasteiger partial charge < -0.3 is 0 Å². The molecule has 0 saturated heterocycles. The lowest BCUT2D eigenvalue weighted by molar-refractivity contribution is -0.138. The molecule has 0 aliphatic carbocycles. The van der Waals surface area contributed by atoms with E-state index in [0.29, 0.717) is 17.5 Å². The molecular weight excluding hydrogens is 213 g/mol. The standard InChI is InChI=1S/C13H15F3/c1-4-9(3)11-7-6-10(5-2)12(8-11)13(14,15)16/h4,6-9H,1,5H2,2-3H3. The number of alkyl halides is 3. The van der Waals surface area contributed by atoms with E-state index in [2.05, 4.69) is 6.58 Å². The highest BCUT2D eigenvalue weighted by Crippen LogP contribution is 2.34. The molecule has 88 valence electrons. The summed E-state index contributed by atoms with van der Waals surface area (Å²) in [6.07, 6.45) is -2.25. The SMILES string of the molecule is C=CC(C)c1ccc(CC)c(C(F)(F)F)c1. The lowest BCUT2D eigenvalue weighted by Gasteiger charge is -2.15. The van der Waals surface area contributed by atoms with Crippen molar-refractivity contribution in [2.45, 2.75) is 32.4 Å². The molecule has 0 saturated carbocycles. The molecule has 3 heteroatoms. The van der Waals surface area contributed by atoms with Gasteiger partial charge in [-0.3, -0.25) is 0 Å². The number of hydrogen-bond donors (Lipinski definition) is 0. The monoisotopic (exact) mass is 228 g/mol. The summed E-state index contributed by atoms with van der Waals surface area (Å²) < 4.78 is 38.3. The van der Waals surface area contributed by atoms with Crippen LogP contribution in [0.15, 0.2) is 30.9 Å². The average molecular weight is 228 g/mol. The molecular formula is C13H15F3. The van der Waals surface area contributed by atoms with E-state index >= 15 is 0 Å². The first-order valence-electron chi connectivity index (χ1n) is 5.22. The molecule has 1 aromatic carbocycles. The van der Waals surface area contributed by atoms with Crippen LogP contribution in [0.2, 0.25) is 0 Å². The maximum absolute atomic E-state index is 12.8. The van der Waals surface area contributed by atoms with E-state index in [1.165, 1.54) is 6.07 Å². The molecule has 0 fully saturated rings. The van der Waals surface area contributed by atoms with E-state index in [9.17, 15) is 13.2 Å². The van der Waals surface area contributed by atoms with Gasteiger partial charge in [0.25, 0.3) is 0 Å². The highest BCUT2D eigenvalue weighted by molar-refractivity contribution is 5.36. The van der Waals surface area contributed by atoms with Gasteiger partial charge in [0.05, 0.1) is 5.56 Å². The second-order valence-electron chi connectivity index (χ2n) is 3.79. The summed E-state index contributed by atoms with van der Waals surface area (Å²) in [5.74, 6) is -0.0630. The first-order valence-corrected chi connectivity index (χ1v) is 5.22. The summed E-state index contributed by atoms with van der Waals surface area (Å²) in [5, 5.41) is 0. The molecule has 0 bridgehead atoms. The van der Waals surface area contributed by atoms with Crippen molar-refractivity contribution in [3.05, 3.63) is 47.5 Å². The van der Waals surface area contributed by atoms with E-state index in [1.807, 2.05) is 6.92 Å². The highest BCUT2D eigenvalue weighted by Gasteiger charge is 2.33. The van der Waals surface area contributed by atoms with Crippen molar-refractivity contribution >= 4 is 0 Å². The van der Waals surface area contributed by atoms with Crippen molar-refractivity contribution in [2.24, 2.45) is 0 Å². The predicted molar refractivity (Wildman–Crippen MR) is 59.4 cm³/mol. The van der Waals surface area contributed by atoms with Gasteiger partial charge in [0.2, 0.25) is 0 Å². The van der Waals surface area contributed by atoms with Gasteiger partial charge >= 0.3 is 6.18 Å². The smallest absolute Gasteiger partial charge is 0.166 e. The van der Waals surface area contributed by atoms with Gasteiger partial charge in [-0.25, -0.2) is 0 Å². The first kappa shape index (κ1) is 12.8. The van der Waals surface area contributed by atoms with Crippen LogP contribution in [0.25, 0.3) is 0 Å². The molecule has 16 heavy (non-hydrogen) atoms. The van der Waals surface area contributed by atoms with E-state index < -0.39 is 11.7 Å². The Morgan fingerprint density at radius 2 is 2.00 bits per heavy atom. The fraction of sp³-hybridized carbons (Fsp3) is 0.385. The Kier molecular flexibility index (Phi) is 3.79. The van der Waals surface area contributed by atoms with Crippen LogP contribution in [0.5, 0.6) is 0 Å². The number of halogens is 3. The lowest BCUT2D eigenvalue weighted by Crippen LogP contribution is -2.10. The van der Waals surface area contributed by atoms with Crippen LogP contribution in [0, 0.1) is 0 Å². The number of rotatable bonds is 3. The van der Waals surface area contributed by atoms with Crippen molar-refractivity contribution in [3.63, 3.8) is 0 Å².